The maximum Gasteiger partial charge on any atom is 0.246 e. The maximum absolute atomic E-state index is 15.1. The zero-order valence-electron chi connectivity index (χ0n) is 47.8. The maximum atomic E-state index is 15.1. The van der Waals surface area contributed by atoms with Gasteiger partial charge in [0.2, 0.25) is 41.7 Å². The number of aliphatic hydroxyl groups excluding tert-OH is 14. The van der Waals surface area contributed by atoms with E-state index in [2.05, 4.69) is 47.2 Å². The van der Waals surface area contributed by atoms with E-state index in [1.54, 1.807) is 37.3 Å². The predicted molar refractivity (Wildman–Crippen MR) is 298 cm³/mol. The summed E-state index contributed by atoms with van der Waals surface area (Å²) in [7, 11) is 0. The minimum atomic E-state index is -2.36. The van der Waals surface area contributed by atoms with Crippen molar-refractivity contribution in [2.45, 2.75) is 166 Å². The molecule has 0 bridgehead atoms. The van der Waals surface area contributed by atoms with Crippen LogP contribution in [0, 0.1) is 0 Å². The van der Waals surface area contributed by atoms with Gasteiger partial charge in [0.1, 0.15) is 115 Å². The van der Waals surface area contributed by atoms with Crippen LogP contribution in [0.4, 0.5) is 0 Å². The Labute approximate surface area is 510 Å². The number of nitrogens with one attached hydrogen (secondary N) is 7. The van der Waals surface area contributed by atoms with Crippen LogP contribution in [0.15, 0.2) is 64.6 Å². The normalized spacial score (nSPS) is 37.8. The highest BCUT2D eigenvalue weighted by Crippen LogP contribution is 2.32. The molecule has 0 saturated carbocycles. The van der Waals surface area contributed by atoms with Gasteiger partial charge < -0.3 is 149 Å². The van der Waals surface area contributed by atoms with E-state index in [9.17, 15) is 95.5 Å². The number of guanidine groups is 2. The van der Waals surface area contributed by atoms with Gasteiger partial charge in [-0.15, -0.1) is 0 Å². The van der Waals surface area contributed by atoms with E-state index < -0.39 is 233 Å². The molecule has 0 spiro atoms. The molecule has 6 aliphatic heterocycles. The lowest BCUT2D eigenvalue weighted by Crippen LogP contribution is -2.70. The Bertz CT molecular complexity index is 2890. The third kappa shape index (κ3) is 15.3. The van der Waals surface area contributed by atoms with E-state index in [-0.39, 0.29) is 23.8 Å². The fraction of sp³-hybridized carbons (Fsp3) is 0.623. The van der Waals surface area contributed by atoms with E-state index in [1.165, 1.54) is 24.3 Å². The van der Waals surface area contributed by atoms with Crippen LogP contribution in [0.5, 0.6) is 5.75 Å². The second-order valence-corrected chi connectivity index (χ2v) is 22.2. The lowest BCUT2D eigenvalue weighted by atomic mass is 9.92. The van der Waals surface area contributed by atoms with Crippen LogP contribution in [-0.2, 0) is 54.1 Å². The summed E-state index contributed by atoms with van der Waals surface area (Å²) in [5, 5.41) is 167. The van der Waals surface area contributed by atoms with Crippen molar-refractivity contribution in [2.24, 2.45) is 21.5 Å². The monoisotopic (exact) mass is 1280 g/mol. The molecule has 4 fully saturated rings. The van der Waals surface area contributed by atoms with Crippen molar-refractivity contribution in [3.05, 3.63) is 65.7 Å². The van der Waals surface area contributed by atoms with Crippen molar-refractivity contribution >= 4 is 47.4 Å². The summed E-state index contributed by atoms with van der Waals surface area (Å²) in [4.78, 5) is 95.7. The topological polar surface area (TPSA) is 596 Å². The van der Waals surface area contributed by atoms with Crippen molar-refractivity contribution < 1.29 is 124 Å². The standard InChI is InChI=1S/C53H76N12O25/c1-18(20-5-3-2-4-6-20)29-45(82)59-22(11-19-7-9-21(10-8-19)86-50-41(79)37(75)42(27(17-68)88-50)89-51-40(78)35(73)34(72)26(16-67)87-51)44(81)63-30(32(70)23-12-57-52(54)61-23)47(84)64-31(46(83)60-24(15-66)43(80)56-14-28(69)62-29)33(71)25-13-58-53(55)65(25)48-38(76)36(74)39(77)49(85)90-48/h2-10,18,22-27,29-42,48-51,66-68,70-79,85H,11-17H2,1H3,(H2,55,58)(H,56,80)(H,59,82)(H,60,83)(H,62,69)(H,63,81)(H,64,84)(H3,54,57,61)/t18-,22+,23-,24-,25-,26+,27+,29-,30-,31+,32-,33-,34+,35-,36+,37+,38-,39-,40-,41-,42+,48-,49-,50-,51+/m0/s1. The van der Waals surface area contributed by atoms with E-state index in [1.807, 2.05) is 0 Å². The van der Waals surface area contributed by atoms with Crippen LogP contribution in [0.2, 0.25) is 0 Å². The van der Waals surface area contributed by atoms with Gasteiger partial charge >= 0.3 is 0 Å². The van der Waals surface area contributed by atoms with Crippen LogP contribution < -0.4 is 53.4 Å². The molecule has 0 aromatic heterocycles. The lowest BCUT2D eigenvalue weighted by Gasteiger charge is -2.45. The highest BCUT2D eigenvalue weighted by Gasteiger charge is 2.54. The number of carbonyl (C=O) groups excluding carboxylic acids is 6. The average Bonchev–Trinajstić information content (AvgIpc) is 1.51. The Morgan fingerprint density at radius 1 is 0.589 bits per heavy atom. The average molecular weight is 1280 g/mol. The lowest BCUT2D eigenvalue weighted by molar-refractivity contribution is -0.352. The zero-order valence-corrected chi connectivity index (χ0v) is 47.8. The van der Waals surface area contributed by atoms with Gasteiger partial charge in [-0.2, -0.15) is 0 Å². The van der Waals surface area contributed by atoms with Crippen LogP contribution in [-0.4, -0.2) is 310 Å². The predicted octanol–water partition coefficient (Wildman–Crippen LogP) is -13.7. The summed E-state index contributed by atoms with van der Waals surface area (Å²) < 4.78 is 27.9. The summed E-state index contributed by atoms with van der Waals surface area (Å²) in [5.41, 5.74) is 12.7. The molecule has 37 heteroatoms. The number of carbonyl (C=O) groups is 6. The molecule has 0 unspecified atom stereocenters. The molecule has 2 aromatic rings. The van der Waals surface area contributed by atoms with Gasteiger partial charge in [0.15, 0.2) is 30.7 Å². The highest BCUT2D eigenvalue weighted by molar-refractivity contribution is 5.98. The third-order valence-corrected chi connectivity index (χ3v) is 16.2. The van der Waals surface area contributed by atoms with Crippen molar-refractivity contribution in [1.82, 2.24) is 42.1 Å². The second kappa shape index (κ2) is 29.9. The Morgan fingerprint density at radius 3 is 1.83 bits per heavy atom. The van der Waals surface area contributed by atoms with Gasteiger partial charge in [-0.25, -0.2) is 0 Å². The van der Waals surface area contributed by atoms with Crippen molar-refractivity contribution in [3.8, 4) is 5.75 Å². The smallest absolute Gasteiger partial charge is 0.246 e. The molecule has 0 radical (unpaired) electrons. The van der Waals surface area contributed by atoms with Gasteiger partial charge in [-0.3, -0.25) is 38.8 Å². The Morgan fingerprint density at radius 2 is 1.19 bits per heavy atom. The molecule has 8 rings (SSSR count). The first-order valence-corrected chi connectivity index (χ1v) is 28.4. The molecule has 25 N–H and O–H groups in total. The molecule has 25 atom stereocenters. The minimum absolute atomic E-state index is 0.0763. The fourth-order valence-corrected chi connectivity index (χ4v) is 11.0. The summed E-state index contributed by atoms with van der Waals surface area (Å²) in [6, 6.07) is 0.725. The van der Waals surface area contributed by atoms with E-state index in [4.69, 9.17) is 35.2 Å². The van der Waals surface area contributed by atoms with E-state index >= 15 is 4.79 Å². The summed E-state index contributed by atoms with van der Waals surface area (Å²) in [5.74, 6) is -9.08. The molecule has 6 amide bonds. The number of nitrogens with two attached hydrogens (primary N) is 2. The van der Waals surface area contributed by atoms with Crippen molar-refractivity contribution in [1.29, 1.82) is 0 Å². The molecule has 6 heterocycles. The molecule has 498 valence electrons. The van der Waals surface area contributed by atoms with E-state index in [0.29, 0.717) is 5.56 Å². The highest BCUT2D eigenvalue weighted by atomic mass is 16.7. The Hall–Kier alpha value is -7.12. The van der Waals surface area contributed by atoms with Crippen LogP contribution >= 0.6 is 0 Å². The number of nitrogens with zero attached hydrogens (tertiary/aromatic N) is 3. The Balaban J connectivity index is 1.10. The van der Waals surface area contributed by atoms with Crippen LogP contribution in [0.3, 0.4) is 0 Å². The number of aliphatic hydroxyl groups is 14. The molecule has 6 aliphatic rings. The summed E-state index contributed by atoms with van der Waals surface area (Å²) in [6.45, 7) is -3.10. The first kappa shape index (κ1) is 68.8. The largest absolute Gasteiger partial charge is 0.462 e. The molecule has 2 aromatic carbocycles. The summed E-state index contributed by atoms with van der Waals surface area (Å²) in [6.07, 6.45) is -32.8. The number of ether oxygens (including phenoxy) is 5. The third-order valence-electron chi connectivity index (χ3n) is 16.2. The van der Waals surface area contributed by atoms with Crippen LogP contribution in [0.25, 0.3) is 0 Å². The van der Waals surface area contributed by atoms with Crippen molar-refractivity contribution in [2.75, 3.05) is 39.5 Å². The number of hydrogen-bond donors (Lipinski definition) is 23. The van der Waals surface area contributed by atoms with Gasteiger partial charge in [0.05, 0.1) is 51.5 Å². The fourth-order valence-electron chi connectivity index (χ4n) is 11.0. The second-order valence-electron chi connectivity index (χ2n) is 22.2. The Kier molecular flexibility index (Phi) is 22.8. The van der Waals surface area contributed by atoms with Gasteiger partial charge in [-0.1, -0.05) is 49.4 Å². The van der Waals surface area contributed by atoms with Gasteiger partial charge in [0.25, 0.3) is 0 Å². The number of aliphatic imine (C=N–C) groups is 2. The van der Waals surface area contributed by atoms with Crippen LogP contribution in [0.1, 0.15) is 24.0 Å². The number of rotatable bonds is 16. The van der Waals surface area contributed by atoms with Gasteiger partial charge in [0, 0.05) is 12.3 Å². The number of benzene rings is 2. The first-order chi connectivity index (χ1) is 42.8. The van der Waals surface area contributed by atoms with Crippen molar-refractivity contribution in [3.63, 3.8) is 0 Å². The zero-order chi connectivity index (χ0) is 65.6. The number of amides is 6. The molecule has 37 nitrogen and oxygen atoms in total. The number of hydrogen-bond acceptors (Lipinski definition) is 31. The van der Waals surface area contributed by atoms with Gasteiger partial charge in [-0.05, 0) is 23.3 Å². The molecular weight excluding hydrogens is 1200 g/mol. The first-order valence-electron chi connectivity index (χ1n) is 28.4. The molecule has 4 saturated heterocycles. The molecule has 0 aliphatic carbocycles. The SMILES string of the molecule is C[C@@H](c1ccccc1)[C@@H]1NC(=O)CNC(=O)[C@H](CO)NC(=O)[C@@H]([C@@H](O)[C@@H]2CN=C(N)N2[C@H]2O[C@H](O)[C@@H](O)[C@H](O)[C@@H]2O)NC(=O)[C@H]([C@@H](O)[C@@H]2CN=C(N)N2)NC(=O)[C@@H](Cc2ccc(O[C@H]3O[C@H](CO)[C@@H](O[C@H]4O[C@H](CO)[C@@H](O)[C@H](O)[C@@H]4O)[C@H](O)[C@@H]3O)cc2)NC1=O. The van der Waals surface area contributed by atoms with E-state index in [0.717, 1.165) is 4.90 Å². The molecular formula is C53H76N12O25. The minimum Gasteiger partial charge on any atom is -0.462 e. The quantitative estimate of drug-likeness (QED) is 0.0742. The summed E-state index contributed by atoms with van der Waals surface area (Å²) >= 11 is 0. The molecule has 90 heavy (non-hydrogen) atoms.